The van der Waals surface area contributed by atoms with Crippen LogP contribution in [0.15, 0.2) is 0 Å². The van der Waals surface area contributed by atoms with E-state index < -0.39 is 0 Å². The summed E-state index contributed by atoms with van der Waals surface area (Å²) >= 11 is 0. The van der Waals surface area contributed by atoms with Crippen molar-refractivity contribution >= 4 is 0 Å². The molecule has 1 saturated carbocycles. The second-order valence-corrected chi connectivity index (χ2v) is 5.26. The van der Waals surface area contributed by atoms with Gasteiger partial charge in [0.05, 0.1) is 18.8 Å². The largest absolute Gasteiger partial charge is 0.379 e. The molecule has 1 saturated heterocycles. The van der Waals surface area contributed by atoms with Gasteiger partial charge in [-0.25, -0.2) is 0 Å². The molecule has 0 spiro atoms. The molecule has 0 amide bonds. The van der Waals surface area contributed by atoms with Gasteiger partial charge in [-0.15, -0.1) is 0 Å². The van der Waals surface area contributed by atoms with Crippen molar-refractivity contribution in [3.63, 3.8) is 0 Å². The van der Waals surface area contributed by atoms with Crippen molar-refractivity contribution in [3.8, 4) is 0 Å². The third-order valence-corrected chi connectivity index (χ3v) is 3.72. The molecule has 2 rings (SSSR count). The topological polar surface area (TPSA) is 39.7 Å². The molecular formula is C14H27NO3. The van der Waals surface area contributed by atoms with Crippen molar-refractivity contribution in [2.75, 3.05) is 33.0 Å². The van der Waals surface area contributed by atoms with Crippen LogP contribution in [0.2, 0.25) is 0 Å². The quantitative estimate of drug-likeness (QED) is 0.639. The fourth-order valence-corrected chi connectivity index (χ4v) is 2.58. The normalized spacial score (nSPS) is 31.5. The summed E-state index contributed by atoms with van der Waals surface area (Å²) in [5.41, 5.74) is 0. The Hall–Kier alpha value is -0.160. The molecule has 4 nitrogen and oxygen atoms in total. The van der Waals surface area contributed by atoms with Crippen molar-refractivity contribution in [1.82, 2.24) is 5.32 Å². The highest BCUT2D eigenvalue weighted by Crippen LogP contribution is 2.22. The molecule has 0 aromatic rings. The minimum absolute atomic E-state index is 0.358. The summed E-state index contributed by atoms with van der Waals surface area (Å²) in [5.74, 6) is 0. The maximum Gasteiger partial charge on any atom is 0.0809 e. The standard InChI is InChI=1S/C14H27NO3/c1-2-17-14-9-12(10-14)15-6-4-7-16-11-13-5-3-8-18-13/h12-15H,2-11H2,1H3. The van der Waals surface area contributed by atoms with E-state index in [1.807, 2.05) is 0 Å². The molecule has 0 radical (unpaired) electrons. The third kappa shape index (κ3) is 4.84. The van der Waals surface area contributed by atoms with E-state index in [0.717, 1.165) is 39.4 Å². The van der Waals surface area contributed by atoms with E-state index in [9.17, 15) is 0 Å². The number of hydrogen-bond donors (Lipinski definition) is 1. The van der Waals surface area contributed by atoms with Crippen molar-refractivity contribution in [1.29, 1.82) is 0 Å². The lowest BCUT2D eigenvalue weighted by molar-refractivity contribution is -0.0110. The Bertz CT molecular complexity index is 213. The minimum atomic E-state index is 0.358. The number of nitrogens with one attached hydrogen (secondary N) is 1. The molecule has 4 heteroatoms. The summed E-state index contributed by atoms with van der Waals surface area (Å²) in [5, 5.41) is 3.54. The van der Waals surface area contributed by atoms with Crippen LogP contribution in [0.4, 0.5) is 0 Å². The number of ether oxygens (including phenoxy) is 3. The van der Waals surface area contributed by atoms with Gasteiger partial charge in [0.15, 0.2) is 0 Å². The molecule has 1 aliphatic heterocycles. The first-order chi connectivity index (χ1) is 8.88. The first kappa shape index (κ1) is 14.3. The lowest BCUT2D eigenvalue weighted by atomic mass is 9.89. The van der Waals surface area contributed by atoms with Crippen LogP contribution in [0.3, 0.4) is 0 Å². The van der Waals surface area contributed by atoms with Gasteiger partial charge < -0.3 is 19.5 Å². The molecule has 1 N–H and O–H groups in total. The van der Waals surface area contributed by atoms with Crippen LogP contribution < -0.4 is 5.32 Å². The molecular weight excluding hydrogens is 230 g/mol. The minimum Gasteiger partial charge on any atom is -0.379 e. The zero-order valence-corrected chi connectivity index (χ0v) is 11.5. The Morgan fingerprint density at radius 3 is 2.94 bits per heavy atom. The number of hydrogen-bond acceptors (Lipinski definition) is 4. The van der Waals surface area contributed by atoms with Crippen molar-refractivity contribution in [2.45, 2.75) is 57.3 Å². The highest BCUT2D eigenvalue weighted by atomic mass is 16.5. The van der Waals surface area contributed by atoms with Gasteiger partial charge in [0.1, 0.15) is 0 Å². The number of rotatable bonds is 9. The maximum atomic E-state index is 5.62. The van der Waals surface area contributed by atoms with Crippen LogP contribution in [-0.4, -0.2) is 51.2 Å². The molecule has 1 atom stereocenters. The summed E-state index contributed by atoms with van der Waals surface area (Å²) in [6, 6.07) is 0.666. The van der Waals surface area contributed by atoms with Crippen molar-refractivity contribution < 1.29 is 14.2 Å². The van der Waals surface area contributed by atoms with Crippen LogP contribution in [0.1, 0.15) is 39.0 Å². The summed E-state index contributed by atoms with van der Waals surface area (Å²) in [7, 11) is 0. The lowest BCUT2D eigenvalue weighted by Crippen LogP contribution is -2.45. The van der Waals surface area contributed by atoms with E-state index in [2.05, 4.69) is 12.2 Å². The molecule has 1 heterocycles. The fraction of sp³-hybridized carbons (Fsp3) is 1.00. The first-order valence-electron chi connectivity index (χ1n) is 7.42. The second kappa shape index (κ2) is 8.10. The highest BCUT2D eigenvalue weighted by molar-refractivity contribution is 4.85. The summed E-state index contributed by atoms with van der Waals surface area (Å²) in [4.78, 5) is 0. The van der Waals surface area contributed by atoms with E-state index in [1.54, 1.807) is 0 Å². The van der Waals surface area contributed by atoms with E-state index in [-0.39, 0.29) is 0 Å². The van der Waals surface area contributed by atoms with Gasteiger partial charge >= 0.3 is 0 Å². The Morgan fingerprint density at radius 2 is 2.22 bits per heavy atom. The van der Waals surface area contributed by atoms with Gasteiger partial charge in [0.25, 0.3) is 0 Å². The Labute approximate surface area is 110 Å². The van der Waals surface area contributed by atoms with Gasteiger partial charge in [0, 0.05) is 25.9 Å². The van der Waals surface area contributed by atoms with Gasteiger partial charge in [-0.3, -0.25) is 0 Å². The third-order valence-electron chi connectivity index (χ3n) is 3.72. The second-order valence-electron chi connectivity index (χ2n) is 5.26. The van der Waals surface area contributed by atoms with Gasteiger partial charge in [-0.05, 0) is 45.6 Å². The Morgan fingerprint density at radius 1 is 1.33 bits per heavy atom. The van der Waals surface area contributed by atoms with Crippen LogP contribution in [0.5, 0.6) is 0 Å². The molecule has 1 unspecified atom stereocenters. The predicted octanol–water partition coefficient (Wildman–Crippen LogP) is 1.73. The SMILES string of the molecule is CCOC1CC(NCCCOCC2CCCO2)C1. The first-order valence-corrected chi connectivity index (χ1v) is 7.42. The van der Waals surface area contributed by atoms with Crippen LogP contribution in [0.25, 0.3) is 0 Å². The van der Waals surface area contributed by atoms with Crippen LogP contribution in [-0.2, 0) is 14.2 Å². The van der Waals surface area contributed by atoms with Crippen molar-refractivity contribution in [2.24, 2.45) is 0 Å². The summed E-state index contributed by atoms with van der Waals surface area (Å²) < 4.78 is 16.7. The van der Waals surface area contributed by atoms with Gasteiger partial charge in [0.2, 0.25) is 0 Å². The highest BCUT2D eigenvalue weighted by Gasteiger charge is 2.28. The van der Waals surface area contributed by atoms with Crippen molar-refractivity contribution in [3.05, 3.63) is 0 Å². The average Bonchev–Trinajstić information content (AvgIpc) is 2.82. The molecule has 1 aliphatic carbocycles. The Balaban J connectivity index is 1.34. The predicted molar refractivity (Wildman–Crippen MR) is 70.8 cm³/mol. The smallest absolute Gasteiger partial charge is 0.0809 e. The van der Waals surface area contributed by atoms with Gasteiger partial charge in [-0.2, -0.15) is 0 Å². The molecule has 0 bridgehead atoms. The molecule has 0 aromatic carbocycles. The van der Waals surface area contributed by atoms with E-state index >= 15 is 0 Å². The monoisotopic (exact) mass is 257 g/mol. The maximum absolute atomic E-state index is 5.62. The zero-order valence-electron chi connectivity index (χ0n) is 11.5. The van der Waals surface area contributed by atoms with Crippen LogP contribution in [0, 0.1) is 0 Å². The summed E-state index contributed by atoms with van der Waals surface area (Å²) in [6.45, 7) is 6.48. The van der Waals surface area contributed by atoms with E-state index in [0.29, 0.717) is 18.2 Å². The van der Waals surface area contributed by atoms with E-state index in [4.69, 9.17) is 14.2 Å². The Kier molecular flexibility index (Phi) is 6.41. The summed E-state index contributed by atoms with van der Waals surface area (Å²) in [6.07, 6.45) is 6.65. The zero-order chi connectivity index (χ0) is 12.6. The molecule has 106 valence electrons. The van der Waals surface area contributed by atoms with Gasteiger partial charge in [-0.1, -0.05) is 0 Å². The van der Waals surface area contributed by atoms with Crippen LogP contribution >= 0.6 is 0 Å². The molecule has 2 fully saturated rings. The van der Waals surface area contributed by atoms with E-state index in [1.165, 1.54) is 25.7 Å². The molecule has 2 aliphatic rings. The lowest BCUT2D eigenvalue weighted by Gasteiger charge is -2.35. The average molecular weight is 257 g/mol. The molecule has 0 aromatic heterocycles. The molecule has 18 heavy (non-hydrogen) atoms. The fourth-order valence-electron chi connectivity index (χ4n) is 2.58.